The van der Waals surface area contributed by atoms with E-state index in [-0.39, 0.29) is 24.8 Å². The first-order chi connectivity index (χ1) is 7.28. The molecule has 0 aromatic rings. The molecule has 0 heterocycles. The minimum absolute atomic E-state index is 0. The van der Waals surface area contributed by atoms with Crippen LogP contribution in [0.5, 0.6) is 0 Å². The number of hydrogen-bond acceptors (Lipinski definition) is 0. The van der Waals surface area contributed by atoms with Crippen molar-refractivity contribution in [1.29, 1.82) is 0 Å². The molecule has 0 nitrogen and oxygen atoms in total. The molecule has 0 unspecified atom stereocenters. The van der Waals surface area contributed by atoms with Gasteiger partial charge in [-0.1, -0.05) is 0 Å². The van der Waals surface area contributed by atoms with Gasteiger partial charge in [0.2, 0.25) is 0 Å². The molecule has 0 fully saturated rings. The van der Waals surface area contributed by atoms with Gasteiger partial charge in [-0.3, -0.25) is 0 Å². The van der Waals surface area contributed by atoms with Crippen molar-refractivity contribution in [1.82, 2.24) is 0 Å². The Bertz CT molecular complexity index is 488. The van der Waals surface area contributed by atoms with Gasteiger partial charge in [-0.05, 0) is 0 Å². The molecule has 0 saturated heterocycles. The first-order valence-electron chi connectivity index (χ1n) is 6.11. The van der Waals surface area contributed by atoms with Crippen molar-refractivity contribution in [3.63, 3.8) is 0 Å². The van der Waals surface area contributed by atoms with Crippen LogP contribution in [0.3, 0.4) is 0 Å². The van der Waals surface area contributed by atoms with Crippen LogP contribution in [0.4, 0.5) is 0 Å². The standard InChI is InChI=1S/2C6H7.2CH3.2ClH.H2Si.Ti/c2*1-6-4-2-3-5-6;;;;;;/h2*4-5H,2H2,1H3;2*1H3;2*1H;1H2;. The summed E-state index contributed by atoms with van der Waals surface area (Å²) >= 11 is -2.49. The first-order valence-corrected chi connectivity index (χ1v) is 14.8. The molecule has 18 heavy (non-hydrogen) atoms. The van der Waals surface area contributed by atoms with Crippen LogP contribution in [0.2, 0.25) is 10.5 Å². The maximum Gasteiger partial charge on any atom is -0.147 e. The Labute approximate surface area is 126 Å². The SMILES string of the molecule is CC1=CC[C]([Ti]([CH3])([CH3])(=[SiH2])[C]2=CC(C)=CC2)=C1.Cl.Cl. The summed E-state index contributed by atoms with van der Waals surface area (Å²) in [7, 11) is 2.32. The first kappa shape index (κ1) is 18.5. The third-order valence-electron chi connectivity index (χ3n) is 4.15. The monoisotopic (exact) mass is 338 g/mol. The molecule has 0 atom stereocenters. The maximum absolute atomic E-state index is 2.58. The Balaban J connectivity index is 0.00000144. The largest absolute Gasteiger partial charge is 0.147 e. The van der Waals surface area contributed by atoms with Crippen molar-refractivity contribution >= 4 is 32.4 Å². The Kier molecular flexibility index (Phi) is 6.00. The van der Waals surface area contributed by atoms with Crippen LogP contribution in [-0.4, -0.2) is 7.63 Å². The van der Waals surface area contributed by atoms with Gasteiger partial charge in [-0.2, -0.15) is 0 Å². The summed E-state index contributed by atoms with van der Waals surface area (Å²) in [6.45, 7) is 4.45. The summed E-state index contributed by atoms with van der Waals surface area (Å²) in [5.74, 6) is 0. The second-order valence-electron chi connectivity index (χ2n) is 6.33. The van der Waals surface area contributed by atoms with E-state index in [1.807, 2.05) is 0 Å². The molecule has 0 spiro atoms. The second kappa shape index (κ2) is 5.85. The average Bonchev–Trinajstić information content (AvgIpc) is 2.73. The van der Waals surface area contributed by atoms with Gasteiger partial charge in [0, 0.05) is 0 Å². The zero-order chi connectivity index (χ0) is 12.0. The fraction of sp³-hybridized carbons (Fsp3) is 0.429. The minimum Gasteiger partial charge on any atom is -0.147 e. The maximum atomic E-state index is 2.58. The molecule has 0 aliphatic heterocycles. The van der Waals surface area contributed by atoms with E-state index < -0.39 is 14.0 Å². The summed E-state index contributed by atoms with van der Waals surface area (Å²) in [4.78, 5) is 0. The van der Waals surface area contributed by atoms with Crippen molar-refractivity contribution in [3.05, 3.63) is 43.2 Å². The summed E-state index contributed by atoms with van der Waals surface area (Å²) in [5.41, 5.74) is 2.92. The molecule has 2 aliphatic carbocycles. The Hall–Kier alpha value is 0.471. The van der Waals surface area contributed by atoms with E-state index in [1.165, 1.54) is 24.0 Å². The van der Waals surface area contributed by atoms with Crippen molar-refractivity contribution in [3.8, 4) is 0 Å². The summed E-state index contributed by atoms with van der Waals surface area (Å²) in [5, 5.41) is 5.15. The van der Waals surface area contributed by atoms with Crippen molar-refractivity contribution < 1.29 is 14.0 Å². The van der Waals surface area contributed by atoms with E-state index in [0.29, 0.717) is 0 Å². The molecule has 0 bridgehead atoms. The van der Waals surface area contributed by atoms with Gasteiger partial charge in [-0.25, -0.2) is 0 Å². The third kappa shape index (κ3) is 3.32. The molecule has 0 aromatic carbocycles. The van der Waals surface area contributed by atoms with E-state index >= 15 is 0 Å². The Morgan fingerprint density at radius 1 is 0.889 bits per heavy atom. The number of hydrogen-bond donors (Lipinski definition) is 0. The van der Waals surface area contributed by atoms with Crippen LogP contribution in [0.1, 0.15) is 26.7 Å². The number of halogens is 2. The normalized spacial score (nSPS) is 19.2. The van der Waals surface area contributed by atoms with E-state index in [0.717, 1.165) is 0 Å². The van der Waals surface area contributed by atoms with Gasteiger partial charge in [-0.15, -0.1) is 24.8 Å². The Morgan fingerprint density at radius 3 is 1.44 bits per heavy atom. The average molecular weight is 339 g/mol. The van der Waals surface area contributed by atoms with Crippen molar-refractivity contribution in [2.45, 2.75) is 37.1 Å². The van der Waals surface area contributed by atoms with Gasteiger partial charge in [0.05, 0.1) is 0 Å². The molecule has 2 rings (SSSR count). The van der Waals surface area contributed by atoms with Gasteiger partial charge in [0.25, 0.3) is 0 Å². The van der Waals surface area contributed by atoms with Gasteiger partial charge >= 0.3 is 102 Å². The predicted molar refractivity (Wildman–Crippen MR) is 87.7 cm³/mol. The smallest absolute Gasteiger partial charge is 0.147 e. The van der Waals surface area contributed by atoms with Crippen LogP contribution in [0, 0.1) is 0 Å². The predicted octanol–water partition coefficient (Wildman–Crippen LogP) is 4.63. The fourth-order valence-corrected chi connectivity index (χ4v) is 9.85. The molecule has 0 saturated carbocycles. The molecule has 102 valence electrons. The van der Waals surface area contributed by atoms with Gasteiger partial charge in [0.1, 0.15) is 0 Å². The molecule has 2 aliphatic rings. The molecular weight excluding hydrogens is 315 g/mol. The zero-order valence-electron chi connectivity index (χ0n) is 11.7. The zero-order valence-corrected chi connectivity index (χ0v) is 16.4. The number of allylic oxidation sites excluding steroid dienone is 8. The van der Waals surface area contributed by atoms with Crippen LogP contribution < -0.4 is 0 Å². The third-order valence-corrected chi connectivity index (χ3v) is 15.4. The fourth-order valence-electron chi connectivity index (χ4n) is 2.65. The molecule has 0 amide bonds. The summed E-state index contributed by atoms with van der Waals surface area (Å²) < 4.78 is 3.50. The molecule has 0 radical (unpaired) electrons. The summed E-state index contributed by atoms with van der Waals surface area (Å²) in [6.07, 6.45) is 12.1. The van der Waals surface area contributed by atoms with Crippen LogP contribution in [0.15, 0.2) is 43.2 Å². The minimum atomic E-state index is -2.49. The van der Waals surface area contributed by atoms with Gasteiger partial charge < -0.3 is 0 Å². The quantitative estimate of drug-likeness (QED) is 0.644. The second-order valence-corrected chi connectivity index (χ2v) is 25.5. The summed E-state index contributed by atoms with van der Waals surface area (Å²) in [6, 6.07) is 0. The van der Waals surface area contributed by atoms with Crippen LogP contribution in [-0.2, 0) is 14.0 Å². The van der Waals surface area contributed by atoms with Crippen LogP contribution >= 0.6 is 24.8 Å². The van der Waals surface area contributed by atoms with E-state index in [1.54, 1.807) is 7.76 Å². The molecule has 4 heteroatoms. The van der Waals surface area contributed by atoms with Crippen LogP contribution in [0.25, 0.3) is 0 Å². The van der Waals surface area contributed by atoms with E-state index in [2.05, 4.69) is 56.2 Å². The van der Waals surface area contributed by atoms with Crippen molar-refractivity contribution in [2.75, 3.05) is 0 Å². The molecule has 0 N–H and O–H groups in total. The molecule has 0 aromatic heterocycles. The van der Waals surface area contributed by atoms with E-state index in [4.69, 9.17) is 0 Å². The van der Waals surface area contributed by atoms with Gasteiger partial charge in [0.15, 0.2) is 0 Å². The Morgan fingerprint density at radius 2 is 1.22 bits per heavy atom. The number of rotatable bonds is 2. The topological polar surface area (TPSA) is 0 Å². The van der Waals surface area contributed by atoms with Crippen molar-refractivity contribution in [2.24, 2.45) is 0 Å². The van der Waals surface area contributed by atoms with E-state index in [9.17, 15) is 0 Å². The molecular formula is C14H24Cl2SiTi.